The lowest BCUT2D eigenvalue weighted by molar-refractivity contribution is 1.37. The Hall–Kier alpha value is -1.83. The van der Waals surface area contributed by atoms with Gasteiger partial charge in [0.15, 0.2) is 0 Å². The van der Waals surface area contributed by atoms with Gasteiger partial charge in [-0.15, -0.1) is 11.3 Å². The van der Waals surface area contributed by atoms with Gasteiger partial charge in [0.05, 0.1) is 21.3 Å². The molecule has 0 fully saturated rings. The van der Waals surface area contributed by atoms with Gasteiger partial charge in [0, 0.05) is 16.0 Å². The molecule has 2 aromatic carbocycles. The van der Waals surface area contributed by atoms with E-state index < -0.39 is 0 Å². The number of nitrogens with zero attached hydrogens (tertiary/aromatic N) is 2. The first-order valence-electron chi connectivity index (χ1n) is 6.85. The van der Waals surface area contributed by atoms with E-state index in [-0.39, 0.29) is 0 Å². The summed E-state index contributed by atoms with van der Waals surface area (Å²) in [6, 6.07) is 14.8. The molecule has 1 aromatic heterocycles. The molecule has 0 aliphatic heterocycles. The Morgan fingerprint density at radius 3 is 2.46 bits per heavy atom. The molecule has 3 rings (SSSR count). The van der Waals surface area contributed by atoms with Gasteiger partial charge >= 0.3 is 0 Å². The van der Waals surface area contributed by atoms with Crippen molar-refractivity contribution in [3.8, 4) is 17.3 Å². The first-order chi connectivity index (χ1) is 11.6. The van der Waals surface area contributed by atoms with Crippen LogP contribution in [0.4, 0.5) is 0 Å². The minimum atomic E-state index is 0.473. The molecule has 0 radical (unpaired) electrons. The molecule has 1 heterocycles. The Labute approximate surface area is 158 Å². The second-order valence-electron chi connectivity index (χ2n) is 4.89. The number of rotatable bonds is 3. The Morgan fingerprint density at radius 1 is 1.04 bits per heavy atom. The van der Waals surface area contributed by atoms with Crippen molar-refractivity contribution in [2.45, 2.75) is 0 Å². The van der Waals surface area contributed by atoms with Crippen LogP contribution in [0.1, 0.15) is 10.6 Å². The van der Waals surface area contributed by atoms with Gasteiger partial charge < -0.3 is 0 Å². The number of hydrogen-bond acceptors (Lipinski definition) is 3. The molecule has 118 valence electrons. The van der Waals surface area contributed by atoms with E-state index in [9.17, 15) is 5.26 Å². The summed E-state index contributed by atoms with van der Waals surface area (Å²) in [5.74, 6) is 0. The molecule has 0 bridgehead atoms. The number of aromatic nitrogens is 1. The maximum atomic E-state index is 9.44. The molecule has 0 aliphatic rings. The summed E-state index contributed by atoms with van der Waals surface area (Å²) in [5.41, 5.74) is 3.00. The number of thiazole rings is 1. The first kappa shape index (κ1) is 17.0. The normalized spacial score (nSPS) is 11.3. The van der Waals surface area contributed by atoms with Crippen molar-refractivity contribution in [1.82, 2.24) is 4.98 Å². The molecule has 0 N–H and O–H groups in total. The van der Waals surface area contributed by atoms with E-state index in [1.165, 1.54) is 11.3 Å². The highest BCUT2D eigenvalue weighted by molar-refractivity contribution is 7.11. The third-order valence-electron chi connectivity index (χ3n) is 3.25. The predicted molar refractivity (Wildman–Crippen MR) is 103 cm³/mol. The lowest BCUT2D eigenvalue weighted by Gasteiger charge is -1.99. The molecule has 0 spiro atoms. The van der Waals surface area contributed by atoms with Crippen LogP contribution in [-0.4, -0.2) is 4.98 Å². The summed E-state index contributed by atoms with van der Waals surface area (Å²) in [7, 11) is 0. The smallest absolute Gasteiger partial charge is 0.134 e. The molecule has 24 heavy (non-hydrogen) atoms. The molecule has 2 nitrogen and oxygen atoms in total. The highest BCUT2D eigenvalue weighted by atomic mass is 35.5. The van der Waals surface area contributed by atoms with Gasteiger partial charge in [0.1, 0.15) is 11.1 Å². The molecule has 0 aliphatic carbocycles. The monoisotopic (exact) mass is 390 g/mol. The zero-order valence-electron chi connectivity index (χ0n) is 12.1. The van der Waals surface area contributed by atoms with Crippen molar-refractivity contribution >= 4 is 57.8 Å². The van der Waals surface area contributed by atoms with Crippen LogP contribution in [0.15, 0.2) is 47.8 Å². The Bertz CT molecular complexity index is 953. The topological polar surface area (TPSA) is 36.7 Å². The minimum absolute atomic E-state index is 0.473. The van der Waals surface area contributed by atoms with Crippen LogP contribution in [-0.2, 0) is 0 Å². The highest BCUT2D eigenvalue weighted by Crippen LogP contribution is 2.31. The summed E-state index contributed by atoms with van der Waals surface area (Å²) in [6.45, 7) is 0. The zero-order valence-corrected chi connectivity index (χ0v) is 15.2. The van der Waals surface area contributed by atoms with Crippen molar-refractivity contribution in [1.29, 1.82) is 5.26 Å². The average molecular weight is 392 g/mol. The maximum absolute atomic E-state index is 9.44. The zero-order chi connectivity index (χ0) is 17.1. The first-order valence-corrected chi connectivity index (χ1v) is 8.87. The minimum Gasteiger partial charge on any atom is -0.235 e. The molecule has 0 saturated heterocycles. The molecular weight excluding hydrogens is 383 g/mol. The van der Waals surface area contributed by atoms with Crippen LogP contribution >= 0.6 is 46.1 Å². The Kier molecular flexibility index (Phi) is 5.23. The molecule has 0 atom stereocenters. The molecule has 6 heteroatoms. The van der Waals surface area contributed by atoms with Crippen LogP contribution in [0.2, 0.25) is 15.1 Å². The van der Waals surface area contributed by atoms with Crippen molar-refractivity contribution in [3.05, 3.63) is 73.5 Å². The standard InChI is InChI=1S/C18H9Cl3N2S/c19-14-4-1-11(2-5-14)7-13(9-22)18-23-17(10-24-18)12-3-6-15(20)16(21)8-12/h1-8,10H. The third-order valence-corrected chi connectivity index (χ3v) is 5.12. The maximum Gasteiger partial charge on any atom is 0.134 e. The highest BCUT2D eigenvalue weighted by Gasteiger charge is 2.10. The van der Waals surface area contributed by atoms with E-state index in [2.05, 4.69) is 11.1 Å². The molecule has 0 saturated carbocycles. The van der Waals surface area contributed by atoms with E-state index in [0.717, 1.165) is 16.8 Å². The number of nitriles is 1. The summed E-state index contributed by atoms with van der Waals surface area (Å²) in [6.07, 6.45) is 1.79. The predicted octanol–water partition coefficient (Wildman–Crippen LogP) is 6.83. The SMILES string of the molecule is N#CC(=Cc1ccc(Cl)cc1)c1nc(-c2ccc(Cl)c(Cl)c2)cs1. The molecular formula is C18H9Cl3N2S. The van der Waals surface area contributed by atoms with Crippen LogP contribution in [0.25, 0.3) is 22.9 Å². The van der Waals surface area contributed by atoms with E-state index in [4.69, 9.17) is 34.8 Å². The van der Waals surface area contributed by atoms with Crippen molar-refractivity contribution in [2.75, 3.05) is 0 Å². The molecule has 3 aromatic rings. The van der Waals surface area contributed by atoms with E-state index in [1.54, 1.807) is 30.3 Å². The van der Waals surface area contributed by atoms with E-state index in [0.29, 0.717) is 25.6 Å². The van der Waals surface area contributed by atoms with Gasteiger partial charge in [-0.1, -0.05) is 53.0 Å². The van der Waals surface area contributed by atoms with Crippen molar-refractivity contribution in [3.63, 3.8) is 0 Å². The van der Waals surface area contributed by atoms with Crippen LogP contribution in [0.5, 0.6) is 0 Å². The van der Waals surface area contributed by atoms with Gasteiger partial charge in [-0.25, -0.2) is 4.98 Å². The van der Waals surface area contributed by atoms with Crippen LogP contribution < -0.4 is 0 Å². The lowest BCUT2D eigenvalue weighted by Crippen LogP contribution is -1.83. The van der Waals surface area contributed by atoms with Gasteiger partial charge in [-0.05, 0) is 35.9 Å². The van der Waals surface area contributed by atoms with E-state index >= 15 is 0 Å². The second-order valence-corrected chi connectivity index (χ2v) is 7.00. The molecule has 0 unspecified atom stereocenters. The number of allylic oxidation sites excluding steroid dienone is 1. The second kappa shape index (κ2) is 7.38. The third kappa shape index (κ3) is 3.80. The van der Waals surface area contributed by atoms with E-state index in [1.807, 2.05) is 23.6 Å². The lowest BCUT2D eigenvalue weighted by atomic mass is 10.1. The van der Waals surface area contributed by atoms with Crippen LogP contribution in [0, 0.1) is 11.3 Å². The number of hydrogen-bond donors (Lipinski definition) is 0. The summed E-state index contributed by atoms with van der Waals surface area (Å²) in [4.78, 5) is 4.54. The average Bonchev–Trinajstić information content (AvgIpc) is 3.06. The van der Waals surface area contributed by atoms with Gasteiger partial charge in [0.25, 0.3) is 0 Å². The number of benzene rings is 2. The van der Waals surface area contributed by atoms with Gasteiger partial charge in [-0.3, -0.25) is 0 Å². The largest absolute Gasteiger partial charge is 0.235 e. The summed E-state index contributed by atoms with van der Waals surface area (Å²) < 4.78 is 0. The van der Waals surface area contributed by atoms with Gasteiger partial charge in [0.2, 0.25) is 0 Å². The molecule has 0 amide bonds. The van der Waals surface area contributed by atoms with Crippen LogP contribution in [0.3, 0.4) is 0 Å². The summed E-state index contributed by atoms with van der Waals surface area (Å²) >= 11 is 19.3. The fraction of sp³-hybridized carbons (Fsp3) is 0. The Morgan fingerprint density at radius 2 is 1.79 bits per heavy atom. The summed E-state index contributed by atoms with van der Waals surface area (Å²) in [5, 5.41) is 13.6. The quantitative estimate of drug-likeness (QED) is 0.458. The van der Waals surface area contributed by atoms with Gasteiger partial charge in [-0.2, -0.15) is 5.26 Å². The van der Waals surface area contributed by atoms with Crippen molar-refractivity contribution < 1.29 is 0 Å². The van der Waals surface area contributed by atoms with Crippen molar-refractivity contribution in [2.24, 2.45) is 0 Å². The number of halogens is 3. The fourth-order valence-corrected chi connectivity index (χ4v) is 3.27. The fourth-order valence-electron chi connectivity index (χ4n) is 2.05. The Balaban J connectivity index is 1.94.